The number of unbranched alkanes of at least 4 members (excludes halogenated alkanes) is 6. The Morgan fingerprint density at radius 2 is 1.01 bits per heavy atom. The van der Waals surface area contributed by atoms with Crippen LogP contribution < -0.4 is 20.1 Å². The highest BCUT2D eigenvalue weighted by molar-refractivity contribution is 7.44. The Hall–Kier alpha value is -6.26. The average Bonchev–Trinajstić information content (AvgIpc) is 3.40. The van der Waals surface area contributed by atoms with Gasteiger partial charge in [0.2, 0.25) is 0 Å². The number of hydrogen-bond acceptors (Lipinski definition) is 11. The fourth-order valence-electron chi connectivity index (χ4n) is 8.96. The number of ether oxygens (including phenoxy) is 3. The van der Waals surface area contributed by atoms with Gasteiger partial charge in [0.1, 0.15) is 17.1 Å². The van der Waals surface area contributed by atoms with Crippen molar-refractivity contribution in [1.82, 2.24) is 15.3 Å². The van der Waals surface area contributed by atoms with Crippen molar-refractivity contribution in [2.45, 2.75) is 103 Å². The fraction of sp³-hybridized carbons (Fsp3) is 0.397. The van der Waals surface area contributed by atoms with Crippen LogP contribution in [-0.4, -0.2) is 87.3 Å². The summed E-state index contributed by atoms with van der Waals surface area (Å²) in [7, 11) is 2.02. The van der Waals surface area contributed by atoms with E-state index in [1.807, 2.05) is 66.7 Å². The van der Waals surface area contributed by atoms with Gasteiger partial charge in [-0.1, -0.05) is 80.3 Å². The molecule has 6 rings (SSSR count). The summed E-state index contributed by atoms with van der Waals surface area (Å²) in [6.07, 6.45) is 6.94. The van der Waals surface area contributed by atoms with Crippen LogP contribution in [0.25, 0.3) is 0 Å². The van der Waals surface area contributed by atoms with Crippen molar-refractivity contribution in [2.75, 3.05) is 47.1 Å². The standard InChI is InChI=1S/C58H69N4O9P/c1-41(2)62(42(3)4)72(71-38-18-33-59)70-37-17-10-8-15-35-61-57(66)44-22-32-51-53(40-44)55(64)52-39-43(21-31-50(52)54(51)63)56(65)60-34-14-7-9-16-36-69-58(45-19-12-11-13-20-45,46-23-27-48(67-5)28-24-46)47-25-29-49(68-6)30-26-47/h11-13,19-32,39-42H,7-10,14-18,34-38H2,1-6H3,(H,60,65)(H,61,66). The second kappa shape index (κ2) is 27.5. The first-order chi connectivity index (χ1) is 34.9. The Labute approximate surface area is 426 Å². The molecule has 1 unspecified atom stereocenters. The van der Waals surface area contributed by atoms with E-state index in [2.05, 4.69) is 61.2 Å². The summed E-state index contributed by atoms with van der Waals surface area (Å²) < 4.78 is 32.2. The van der Waals surface area contributed by atoms with Gasteiger partial charge in [-0.05, 0) is 131 Å². The van der Waals surface area contributed by atoms with Crippen LogP contribution in [0.15, 0.2) is 115 Å². The van der Waals surface area contributed by atoms with E-state index in [4.69, 9.17) is 28.5 Å². The predicted octanol–water partition coefficient (Wildman–Crippen LogP) is 11.4. The lowest BCUT2D eigenvalue weighted by Gasteiger charge is -2.36. The third-order valence-electron chi connectivity index (χ3n) is 12.6. The fourth-order valence-corrected chi connectivity index (χ4v) is 10.6. The normalized spacial score (nSPS) is 12.6. The molecule has 0 saturated heterocycles. The van der Waals surface area contributed by atoms with Gasteiger partial charge >= 0.3 is 0 Å². The molecular weight excluding hydrogens is 928 g/mol. The van der Waals surface area contributed by atoms with Gasteiger partial charge in [-0.3, -0.25) is 19.2 Å². The zero-order chi connectivity index (χ0) is 51.5. The summed E-state index contributed by atoms with van der Waals surface area (Å²) in [6.45, 7) is 10.7. The van der Waals surface area contributed by atoms with Crippen molar-refractivity contribution >= 4 is 31.9 Å². The van der Waals surface area contributed by atoms with E-state index in [0.717, 1.165) is 79.6 Å². The molecule has 1 aliphatic rings. The van der Waals surface area contributed by atoms with E-state index in [9.17, 15) is 19.2 Å². The Balaban J connectivity index is 0.960. The first-order valence-electron chi connectivity index (χ1n) is 25.1. The van der Waals surface area contributed by atoms with Crippen LogP contribution in [0.1, 0.15) is 155 Å². The topological polar surface area (TPSA) is 166 Å². The van der Waals surface area contributed by atoms with Gasteiger partial charge in [0.25, 0.3) is 20.3 Å². The number of nitrogens with one attached hydrogen (secondary N) is 2. The molecule has 5 aromatic rings. The molecule has 0 aliphatic heterocycles. The lowest BCUT2D eigenvalue weighted by molar-refractivity contribution is 0.0106. The number of methoxy groups -OCH3 is 2. The minimum absolute atomic E-state index is 0.139. The van der Waals surface area contributed by atoms with Gasteiger partial charge in [0.15, 0.2) is 11.6 Å². The second-order valence-corrected chi connectivity index (χ2v) is 19.7. The van der Waals surface area contributed by atoms with Crippen LogP contribution in [0.4, 0.5) is 0 Å². The van der Waals surface area contributed by atoms with Crippen LogP contribution >= 0.6 is 8.53 Å². The quantitative estimate of drug-likeness (QED) is 0.0261. The van der Waals surface area contributed by atoms with E-state index in [0.29, 0.717) is 39.3 Å². The van der Waals surface area contributed by atoms with Crippen molar-refractivity contribution in [3.05, 3.63) is 165 Å². The van der Waals surface area contributed by atoms with Gasteiger partial charge in [-0.25, -0.2) is 4.67 Å². The number of hydrogen-bond donors (Lipinski definition) is 2. The van der Waals surface area contributed by atoms with Crippen molar-refractivity contribution in [1.29, 1.82) is 5.26 Å². The van der Waals surface area contributed by atoms with Crippen LogP contribution in [0, 0.1) is 11.3 Å². The largest absolute Gasteiger partial charge is 0.497 e. The van der Waals surface area contributed by atoms with Gasteiger partial charge in [-0.15, -0.1) is 0 Å². The number of carbonyl (C=O) groups excluding carboxylic acids is 4. The van der Waals surface area contributed by atoms with Crippen molar-refractivity contribution < 1.29 is 42.4 Å². The average molecular weight is 997 g/mol. The molecule has 72 heavy (non-hydrogen) atoms. The highest BCUT2D eigenvalue weighted by Crippen LogP contribution is 2.46. The summed E-state index contributed by atoms with van der Waals surface area (Å²) in [5.41, 5.74) is 3.33. The van der Waals surface area contributed by atoms with E-state index in [1.54, 1.807) is 26.4 Å². The Kier molecular flexibility index (Phi) is 21.1. The molecule has 5 aromatic carbocycles. The highest BCUT2D eigenvalue weighted by atomic mass is 31.2. The van der Waals surface area contributed by atoms with Crippen LogP contribution in [0.2, 0.25) is 0 Å². The van der Waals surface area contributed by atoms with Gasteiger partial charge in [0, 0.05) is 65.2 Å². The highest BCUT2D eigenvalue weighted by Gasteiger charge is 2.38. The first-order valence-corrected chi connectivity index (χ1v) is 26.2. The monoisotopic (exact) mass is 996 g/mol. The maximum Gasteiger partial charge on any atom is 0.259 e. The lowest BCUT2D eigenvalue weighted by atomic mass is 9.80. The molecule has 0 fully saturated rings. The van der Waals surface area contributed by atoms with Gasteiger partial charge in [-0.2, -0.15) is 5.26 Å². The second-order valence-electron chi connectivity index (χ2n) is 18.3. The molecule has 0 spiro atoms. The molecule has 0 heterocycles. The third kappa shape index (κ3) is 14.0. The minimum Gasteiger partial charge on any atom is -0.497 e. The van der Waals surface area contributed by atoms with Gasteiger partial charge in [0.05, 0.1) is 39.9 Å². The number of ketones is 2. The number of nitriles is 1. The van der Waals surface area contributed by atoms with Crippen molar-refractivity contribution in [3.8, 4) is 17.6 Å². The van der Waals surface area contributed by atoms with E-state index >= 15 is 0 Å². The zero-order valence-corrected chi connectivity index (χ0v) is 43.4. The number of nitrogens with zero attached hydrogens (tertiary/aromatic N) is 2. The smallest absolute Gasteiger partial charge is 0.259 e. The first kappa shape index (κ1) is 55.1. The van der Waals surface area contributed by atoms with Gasteiger partial charge < -0.3 is 33.9 Å². The molecule has 13 nitrogen and oxygen atoms in total. The molecule has 0 saturated carbocycles. The van der Waals surface area contributed by atoms with Crippen molar-refractivity contribution in [2.24, 2.45) is 0 Å². The number of carbonyl (C=O) groups is 4. The summed E-state index contributed by atoms with van der Waals surface area (Å²) in [4.78, 5) is 54.0. The molecule has 1 aliphatic carbocycles. The molecule has 380 valence electrons. The predicted molar refractivity (Wildman–Crippen MR) is 281 cm³/mol. The Morgan fingerprint density at radius 3 is 1.49 bits per heavy atom. The molecule has 2 N–H and O–H groups in total. The zero-order valence-electron chi connectivity index (χ0n) is 42.5. The molecular formula is C58H69N4O9P. The Bertz CT molecular complexity index is 2560. The molecule has 0 aromatic heterocycles. The SMILES string of the molecule is COc1ccc(C(OCCCCCCNC(=O)c2ccc3c(c2)C(=O)c2cc(C(=O)NCCCCCCOP(OCCC#N)N(C(C)C)C(C)C)ccc2C3=O)(c2ccccc2)c2ccc(OC)cc2)cc1. The number of amides is 2. The summed E-state index contributed by atoms with van der Waals surface area (Å²) >= 11 is 0. The molecule has 0 bridgehead atoms. The molecule has 1 atom stereocenters. The number of fused-ring (bicyclic) bond motifs is 2. The van der Waals surface area contributed by atoms with Crippen LogP contribution in [0.3, 0.4) is 0 Å². The Morgan fingerprint density at radius 1 is 0.569 bits per heavy atom. The number of rotatable bonds is 29. The molecule has 14 heteroatoms. The van der Waals surface area contributed by atoms with Crippen molar-refractivity contribution in [3.63, 3.8) is 0 Å². The van der Waals surface area contributed by atoms with E-state index < -0.39 is 19.9 Å². The summed E-state index contributed by atoms with van der Waals surface area (Å²) in [5.74, 6) is 0.0950. The lowest BCUT2D eigenvalue weighted by Crippen LogP contribution is -2.33. The third-order valence-corrected chi connectivity index (χ3v) is 14.7. The minimum atomic E-state index is -1.27. The summed E-state index contributed by atoms with van der Waals surface area (Å²) in [6, 6.07) is 37.8. The van der Waals surface area contributed by atoms with E-state index in [1.165, 1.54) is 24.3 Å². The van der Waals surface area contributed by atoms with Crippen LogP contribution in [0.5, 0.6) is 11.5 Å². The molecule has 2 amide bonds. The molecule has 0 radical (unpaired) electrons. The number of benzene rings is 5. The van der Waals surface area contributed by atoms with E-state index in [-0.39, 0.29) is 63.1 Å². The maximum absolute atomic E-state index is 13.9. The maximum atomic E-state index is 13.9. The van der Waals surface area contributed by atoms with Crippen LogP contribution in [-0.2, 0) is 19.4 Å². The summed E-state index contributed by atoms with van der Waals surface area (Å²) in [5, 5.41) is 14.9.